The number of carbonyl (C=O) groups is 2. The maximum atomic E-state index is 12.3. The number of thiophene rings is 1. The van der Waals surface area contributed by atoms with E-state index >= 15 is 0 Å². The van der Waals surface area contributed by atoms with Gasteiger partial charge in [0, 0.05) is 15.4 Å². The number of aryl methyl sites for hydroxylation is 1. The first-order valence-corrected chi connectivity index (χ1v) is 9.67. The summed E-state index contributed by atoms with van der Waals surface area (Å²) in [6.07, 6.45) is 7.21. The summed E-state index contributed by atoms with van der Waals surface area (Å²) in [4.78, 5) is 25.6. The van der Waals surface area contributed by atoms with Gasteiger partial charge in [0.1, 0.15) is 5.00 Å². The van der Waals surface area contributed by atoms with Gasteiger partial charge < -0.3 is 10.1 Å². The fourth-order valence-corrected chi connectivity index (χ4v) is 4.42. The van der Waals surface area contributed by atoms with E-state index < -0.39 is 0 Å². The molecular weight excluding hydrogens is 402 g/mol. The van der Waals surface area contributed by atoms with E-state index in [-0.39, 0.29) is 11.9 Å². The number of hydrogen-bond acceptors (Lipinski definition) is 4. The van der Waals surface area contributed by atoms with Gasteiger partial charge in [-0.15, -0.1) is 11.3 Å². The molecule has 1 N–H and O–H groups in total. The second-order valence-corrected chi connectivity index (χ2v) is 7.80. The fraction of sp³-hybridized carbons (Fsp3) is 0.263. The van der Waals surface area contributed by atoms with Crippen LogP contribution in [0.15, 0.2) is 34.8 Å². The first-order valence-electron chi connectivity index (χ1n) is 8.06. The van der Waals surface area contributed by atoms with Crippen molar-refractivity contribution < 1.29 is 14.3 Å². The van der Waals surface area contributed by atoms with E-state index in [0.717, 1.165) is 41.3 Å². The predicted molar refractivity (Wildman–Crippen MR) is 104 cm³/mol. The van der Waals surface area contributed by atoms with Crippen LogP contribution in [0.5, 0.6) is 0 Å². The van der Waals surface area contributed by atoms with Gasteiger partial charge in [0.2, 0.25) is 5.91 Å². The summed E-state index contributed by atoms with van der Waals surface area (Å²) in [7, 11) is 1.37. The highest BCUT2D eigenvalue weighted by atomic mass is 79.9. The van der Waals surface area contributed by atoms with Crippen molar-refractivity contribution in [1.29, 1.82) is 0 Å². The van der Waals surface area contributed by atoms with Crippen LogP contribution < -0.4 is 5.32 Å². The summed E-state index contributed by atoms with van der Waals surface area (Å²) in [5.41, 5.74) is 2.49. The number of anilines is 1. The number of ether oxygens (including phenoxy) is 1. The van der Waals surface area contributed by atoms with Crippen molar-refractivity contribution in [3.05, 3.63) is 56.4 Å². The number of fused-ring (bicyclic) bond motifs is 1. The average molecular weight is 420 g/mol. The summed E-state index contributed by atoms with van der Waals surface area (Å²) in [5.74, 6) is -0.641. The van der Waals surface area contributed by atoms with Crippen molar-refractivity contribution in [2.24, 2.45) is 0 Å². The van der Waals surface area contributed by atoms with Crippen LogP contribution in [0.3, 0.4) is 0 Å². The van der Waals surface area contributed by atoms with Gasteiger partial charge in [-0.1, -0.05) is 28.1 Å². The largest absolute Gasteiger partial charge is 0.465 e. The zero-order valence-electron chi connectivity index (χ0n) is 13.8. The second kappa shape index (κ2) is 7.97. The molecule has 2 aromatic rings. The molecule has 0 spiro atoms. The van der Waals surface area contributed by atoms with Crippen LogP contribution in [0.25, 0.3) is 6.08 Å². The molecule has 0 atom stereocenters. The minimum atomic E-state index is -0.383. The lowest BCUT2D eigenvalue weighted by atomic mass is 9.95. The maximum absolute atomic E-state index is 12.3. The molecule has 0 fully saturated rings. The van der Waals surface area contributed by atoms with Gasteiger partial charge in [-0.3, -0.25) is 4.79 Å². The van der Waals surface area contributed by atoms with Gasteiger partial charge in [-0.2, -0.15) is 0 Å². The standard InChI is InChI=1S/C19H18BrNO3S/c1-24-19(23)17-14-4-2-3-5-15(14)25-18(17)21-16(22)11-8-12-6-9-13(20)10-7-12/h6-11H,2-5H2,1H3,(H,21,22). The highest BCUT2D eigenvalue weighted by Gasteiger charge is 2.26. The van der Waals surface area contributed by atoms with E-state index in [1.54, 1.807) is 6.08 Å². The Balaban J connectivity index is 1.79. The summed E-state index contributed by atoms with van der Waals surface area (Å²) >= 11 is 4.86. The monoisotopic (exact) mass is 419 g/mol. The highest BCUT2D eigenvalue weighted by molar-refractivity contribution is 9.10. The van der Waals surface area contributed by atoms with Crippen molar-refractivity contribution in [2.45, 2.75) is 25.7 Å². The lowest BCUT2D eigenvalue weighted by molar-refractivity contribution is -0.111. The van der Waals surface area contributed by atoms with Gasteiger partial charge in [0.15, 0.2) is 0 Å². The number of methoxy groups -OCH3 is 1. The molecule has 1 amide bonds. The third kappa shape index (κ3) is 4.19. The molecule has 4 nitrogen and oxygen atoms in total. The van der Waals surface area contributed by atoms with Crippen molar-refractivity contribution in [3.8, 4) is 0 Å². The first kappa shape index (κ1) is 17.9. The van der Waals surface area contributed by atoms with Crippen LogP contribution in [0.1, 0.15) is 39.2 Å². The molecule has 0 unspecified atom stereocenters. The van der Waals surface area contributed by atoms with E-state index in [0.29, 0.717) is 10.6 Å². The topological polar surface area (TPSA) is 55.4 Å². The van der Waals surface area contributed by atoms with Crippen molar-refractivity contribution in [2.75, 3.05) is 12.4 Å². The smallest absolute Gasteiger partial charge is 0.341 e. The lowest BCUT2D eigenvalue weighted by Crippen LogP contribution is -2.13. The number of benzene rings is 1. The molecule has 3 rings (SSSR count). The van der Waals surface area contributed by atoms with Crippen molar-refractivity contribution in [1.82, 2.24) is 0 Å². The molecule has 0 saturated heterocycles. The molecule has 1 aromatic heterocycles. The number of amides is 1. The summed E-state index contributed by atoms with van der Waals surface area (Å²) in [5, 5.41) is 3.43. The Kier molecular flexibility index (Phi) is 5.71. The molecule has 1 aliphatic carbocycles. The van der Waals surface area contributed by atoms with Crippen LogP contribution in [0, 0.1) is 0 Å². The minimum Gasteiger partial charge on any atom is -0.465 e. The summed E-state index contributed by atoms with van der Waals surface area (Å²) in [6, 6.07) is 7.66. The Morgan fingerprint density at radius 1 is 1.20 bits per heavy atom. The van der Waals surface area contributed by atoms with Gasteiger partial charge in [0.05, 0.1) is 12.7 Å². The third-order valence-corrected chi connectivity index (χ3v) is 5.83. The quantitative estimate of drug-likeness (QED) is 0.570. The Morgan fingerprint density at radius 3 is 2.64 bits per heavy atom. The van der Waals surface area contributed by atoms with Gasteiger partial charge in [-0.25, -0.2) is 4.79 Å². The van der Waals surface area contributed by atoms with Crippen LogP contribution >= 0.6 is 27.3 Å². The zero-order chi connectivity index (χ0) is 17.8. The fourth-order valence-electron chi connectivity index (χ4n) is 2.87. The Labute approximate surface area is 159 Å². The van der Waals surface area contributed by atoms with Gasteiger partial charge in [0.25, 0.3) is 0 Å². The molecule has 1 heterocycles. The molecule has 0 aliphatic heterocycles. The number of halogens is 1. The molecule has 0 bridgehead atoms. The molecule has 6 heteroatoms. The first-order chi connectivity index (χ1) is 12.1. The Morgan fingerprint density at radius 2 is 1.92 bits per heavy atom. The molecule has 0 radical (unpaired) electrons. The summed E-state index contributed by atoms with van der Waals surface area (Å²) in [6.45, 7) is 0. The van der Waals surface area contributed by atoms with Crippen molar-refractivity contribution >= 4 is 50.2 Å². The average Bonchev–Trinajstić information content (AvgIpc) is 2.98. The molecule has 1 aliphatic rings. The van der Waals surface area contributed by atoms with E-state index in [2.05, 4.69) is 21.2 Å². The second-order valence-electron chi connectivity index (χ2n) is 5.78. The van der Waals surface area contributed by atoms with E-state index in [1.165, 1.54) is 29.4 Å². The minimum absolute atomic E-state index is 0.258. The summed E-state index contributed by atoms with van der Waals surface area (Å²) < 4.78 is 5.90. The number of carbonyl (C=O) groups excluding carboxylic acids is 2. The number of rotatable bonds is 4. The SMILES string of the molecule is COC(=O)c1c(NC(=O)C=Cc2ccc(Br)cc2)sc2c1CCCC2. The molecule has 1 aromatic carbocycles. The van der Waals surface area contributed by atoms with Gasteiger partial charge >= 0.3 is 5.97 Å². The van der Waals surface area contributed by atoms with Crippen LogP contribution in [0.4, 0.5) is 5.00 Å². The maximum Gasteiger partial charge on any atom is 0.341 e. The van der Waals surface area contributed by atoms with E-state index in [1.807, 2.05) is 24.3 Å². The number of nitrogens with one attached hydrogen (secondary N) is 1. The third-order valence-electron chi connectivity index (χ3n) is 4.09. The molecule has 0 saturated carbocycles. The van der Waals surface area contributed by atoms with Crippen LogP contribution in [-0.4, -0.2) is 19.0 Å². The number of hydrogen-bond donors (Lipinski definition) is 1. The van der Waals surface area contributed by atoms with E-state index in [4.69, 9.17) is 4.74 Å². The van der Waals surface area contributed by atoms with Crippen molar-refractivity contribution in [3.63, 3.8) is 0 Å². The van der Waals surface area contributed by atoms with Crippen LogP contribution in [-0.2, 0) is 22.4 Å². The Bertz CT molecular complexity index is 824. The van der Waals surface area contributed by atoms with Gasteiger partial charge in [-0.05, 0) is 55.0 Å². The normalized spacial score (nSPS) is 13.5. The predicted octanol–water partition coefficient (Wildman–Crippen LogP) is 4.83. The molecular formula is C19H18BrNO3S. The van der Waals surface area contributed by atoms with Crippen LogP contribution in [0.2, 0.25) is 0 Å². The number of esters is 1. The molecule has 130 valence electrons. The molecule has 25 heavy (non-hydrogen) atoms. The zero-order valence-corrected chi connectivity index (χ0v) is 16.2. The highest BCUT2D eigenvalue weighted by Crippen LogP contribution is 2.38. The van der Waals surface area contributed by atoms with E-state index in [9.17, 15) is 9.59 Å². The lowest BCUT2D eigenvalue weighted by Gasteiger charge is -2.11. The Hall–Kier alpha value is -1.92.